The number of halogens is 3. The first-order valence-corrected chi connectivity index (χ1v) is 24.6. The molecular formula is C53H87F3N6O7. The molecule has 16 heteroatoms. The van der Waals surface area contributed by atoms with E-state index >= 15 is 0 Å². The van der Waals surface area contributed by atoms with Crippen molar-refractivity contribution in [3.8, 4) is 5.88 Å². The van der Waals surface area contributed by atoms with E-state index in [1.165, 1.54) is 35.5 Å². The Hall–Kier alpha value is -5.28. The Morgan fingerprint density at radius 1 is 0.855 bits per heavy atom. The first-order valence-electron chi connectivity index (χ1n) is 24.6. The summed E-state index contributed by atoms with van der Waals surface area (Å²) in [5, 5.41) is 0. The number of piperidine rings is 1. The van der Waals surface area contributed by atoms with Gasteiger partial charge in [-0.3, -0.25) is 4.98 Å². The molecule has 0 aliphatic carbocycles. The molecule has 0 radical (unpaired) electrons. The van der Waals surface area contributed by atoms with Gasteiger partial charge >= 0.3 is 24.5 Å². The van der Waals surface area contributed by atoms with Crippen molar-refractivity contribution in [2.24, 2.45) is 0 Å². The van der Waals surface area contributed by atoms with E-state index in [9.17, 15) is 27.6 Å². The van der Waals surface area contributed by atoms with Crippen molar-refractivity contribution in [3.05, 3.63) is 77.3 Å². The molecule has 0 N–H and O–H groups in total. The van der Waals surface area contributed by atoms with Gasteiger partial charge in [0.1, 0.15) is 17.3 Å². The average Bonchev–Trinajstić information content (AvgIpc) is 3.28. The number of anilines is 1. The molecular weight excluding hydrogens is 890 g/mol. The molecule has 2 aromatic heterocycles. The standard InChI is InChI=1S/C36H44F3N5O5.C8H17NO2.C3H8.3C2H6/c1-8-9-10-25(23(2)3)27-12-11-26-28(40-27)21-44(32(45)48-24-19-43(20-24)33(46)49-34(4,5)6)22-35(26)15-17-42(18-16-35)29-13-14-30(47-7)41-31(29)36(37,38)39;1-6-9(5)7(10)11-8(2,3)4;1-3-2;3*1-2/h8-14,24H,2,15-22H2,1,3-7H3;6H2,1-5H3;3H2,1-2H3;3*1-2H3/b9-8-,25-10+;;;;;. The van der Waals surface area contributed by atoms with Crippen LogP contribution in [0, 0.1) is 0 Å². The molecule has 2 saturated heterocycles. The van der Waals surface area contributed by atoms with E-state index in [1.807, 2.05) is 113 Å². The van der Waals surface area contributed by atoms with Gasteiger partial charge < -0.3 is 38.5 Å². The smallest absolute Gasteiger partial charge is 0.435 e. The molecule has 0 aromatic carbocycles. The third-order valence-electron chi connectivity index (χ3n) is 10.2. The normalized spacial score (nSPS) is 15.3. The number of hydrogen-bond acceptors (Lipinski definition) is 10. The second kappa shape index (κ2) is 29.7. The summed E-state index contributed by atoms with van der Waals surface area (Å²) in [6.45, 7) is 39.3. The van der Waals surface area contributed by atoms with Crippen LogP contribution >= 0.6 is 0 Å². The first kappa shape index (κ1) is 63.7. The SMILES string of the molecule is C=C(C)/C(=C\C=C/C)c1ccc2c(n1)CN(C(=O)OC1CN(C(=O)OC(C)(C)C)C1)CC21CCN(c2ccc(OC)nc2C(F)(F)F)CC1.CC.CC.CC.CCC.CCN(C)C(=O)OC(C)(C)C. The number of rotatable bonds is 7. The van der Waals surface area contributed by atoms with Gasteiger partial charge in [-0.1, -0.05) is 92.7 Å². The first-order chi connectivity index (χ1) is 32.3. The molecule has 69 heavy (non-hydrogen) atoms. The minimum absolute atomic E-state index is 0.0105. The monoisotopic (exact) mass is 977 g/mol. The predicted octanol–water partition coefficient (Wildman–Crippen LogP) is 13.5. The maximum absolute atomic E-state index is 14.1. The maximum Gasteiger partial charge on any atom is 0.435 e. The summed E-state index contributed by atoms with van der Waals surface area (Å²) in [6, 6.07) is 6.80. The van der Waals surface area contributed by atoms with Crippen molar-refractivity contribution in [3.63, 3.8) is 0 Å². The maximum atomic E-state index is 14.1. The Kier molecular flexibility index (Phi) is 27.4. The summed E-state index contributed by atoms with van der Waals surface area (Å²) >= 11 is 0. The number of nitrogens with zero attached hydrogens (tertiary/aromatic N) is 6. The van der Waals surface area contributed by atoms with Crippen molar-refractivity contribution in [2.75, 3.05) is 58.3 Å². The molecule has 3 aliphatic rings. The fourth-order valence-corrected chi connectivity index (χ4v) is 7.00. The van der Waals surface area contributed by atoms with Gasteiger partial charge in [-0.05, 0) is 98.4 Å². The zero-order chi connectivity index (χ0) is 53.5. The van der Waals surface area contributed by atoms with Crippen molar-refractivity contribution >= 4 is 29.5 Å². The molecule has 0 saturated carbocycles. The topological polar surface area (TPSA) is 127 Å². The van der Waals surface area contributed by atoms with Gasteiger partial charge in [0.25, 0.3) is 0 Å². The summed E-state index contributed by atoms with van der Waals surface area (Å²) in [4.78, 5) is 52.3. The Bertz CT molecular complexity index is 1960. The van der Waals surface area contributed by atoms with Crippen LogP contribution in [0.2, 0.25) is 0 Å². The largest absolute Gasteiger partial charge is 0.481 e. The molecule has 0 atom stereocenters. The van der Waals surface area contributed by atoms with Gasteiger partial charge in [-0.15, -0.1) is 0 Å². The summed E-state index contributed by atoms with van der Waals surface area (Å²) in [6.07, 6.45) is 1.53. The van der Waals surface area contributed by atoms with Crippen LogP contribution in [-0.2, 0) is 32.3 Å². The lowest BCUT2D eigenvalue weighted by atomic mass is 9.69. The van der Waals surface area contributed by atoms with Crippen LogP contribution in [0.4, 0.5) is 33.2 Å². The number of allylic oxidation sites excluding steroid dienone is 5. The number of ether oxygens (including phenoxy) is 4. The Morgan fingerprint density at radius 2 is 1.41 bits per heavy atom. The van der Waals surface area contributed by atoms with Gasteiger partial charge in [0.2, 0.25) is 5.88 Å². The molecule has 0 bridgehead atoms. The number of aromatic nitrogens is 2. The van der Waals surface area contributed by atoms with E-state index in [0.717, 1.165) is 16.7 Å². The third kappa shape index (κ3) is 19.9. The van der Waals surface area contributed by atoms with Crippen LogP contribution in [0.5, 0.6) is 5.88 Å². The molecule has 13 nitrogen and oxygen atoms in total. The molecule has 2 fully saturated rings. The summed E-state index contributed by atoms with van der Waals surface area (Å²) < 4.78 is 63.5. The van der Waals surface area contributed by atoms with Crippen LogP contribution in [0.15, 0.2) is 54.6 Å². The van der Waals surface area contributed by atoms with E-state index in [-0.39, 0.29) is 42.9 Å². The van der Waals surface area contributed by atoms with E-state index in [0.29, 0.717) is 50.4 Å². The van der Waals surface area contributed by atoms with Crippen molar-refractivity contribution in [2.45, 2.75) is 172 Å². The van der Waals surface area contributed by atoms with Gasteiger partial charge in [0.05, 0.1) is 43.8 Å². The van der Waals surface area contributed by atoms with Gasteiger partial charge in [0.15, 0.2) is 5.69 Å². The van der Waals surface area contributed by atoms with Crippen LogP contribution in [0.3, 0.4) is 0 Å². The van der Waals surface area contributed by atoms with E-state index in [2.05, 4.69) is 25.4 Å². The van der Waals surface area contributed by atoms with Crippen LogP contribution in [0.1, 0.15) is 160 Å². The fraction of sp³-hybridized carbons (Fsp3) is 0.642. The molecule has 3 aliphatic heterocycles. The second-order valence-corrected chi connectivity index (χ2v) is 18.0. The minimum Gasteiger partial charge on any atom is -0.481 e. The quantitative estimate of drug-likeness (QED) is 0.195. The number of hydrogen-bond donors (Lipinski definition) is 0. The Labute approximate surface area is 413 Å². The highest BCUT2D eigenvalue weighted by Crippen LogP contribution is 2.45. The van der Waals surface area contributed by atoms with Crippen LogP contribution in [0.25, 0.3) is 5.57 Å². The predicted molar refractivity (Wildman–Crippen MR) is 274 cm³/mol. The number of likely N-dealkylation sites (tertiary alicyclic amines) is 1. The molecule has 392 valence electrons. The number of amides is 3. The highest BCUT2D eigenvalue weighted by Gasteiger charge is 2.47. The molecule has 2 aromatic rings. The summed E-state index contributed by atoms with van der Waals surface area (Å²) in [5.74, 6) is -0.111. The van der Waals surface area contributed by atoms with E-state index in [1.54, 1.807) is 37.6 Å². The molecule has 5 heterocycles. The molecule has 3 amide bonds. The summed E-state index contributed by atoms with van der Waals surface area (Å²) in [5.41, 5.74) is 1.45. The second-order valence-electron chi connectivity index (χ2n) is 18.0. The minimum atomic E-state index is -4.67. The Morgan fingerprint density at radius 3 is 1.87 bits per heavy atom. The van der Waals surface area contributed by atoms with E-state index in [4.69, 9.17) is 23.9 Å². The van der Waals surface area contributed by atoms with Crippen LogP contribution < -0.4 is 9.64 Å². The Balaban J connectivity index is 0.00000197. The van der Waals surface area contributed by atoms with Gasteiger partial charge in [-0.2, -0.15) is 13.2 Å². The number of carbonyl (C=O) groups excluding carboxylic acids is 3. The molecule has 5 rings (SSSR count). The highest BCUT2D eigenvalue weighted by atomic mass is 19.4. The van der Waals surface area contributed by atoms with E-state index < -0.39 is 41.2 Å². The van der Waals surface area contributed by atoms with Crippen LogP contribution in [-0.4, -0.2) is 114 Å². The zero-order valence-corrected chi connectivity index (χ0v) is 45.6. The zero-order valence-electron chi connectivity index (χ0n) is 45.6. The lowest BCUT2D eigenvalue weighted by Gasteiger charge is -2.49. The van der Waals surface area contributed by atoms with Crippen molar-refractivity contribution in [1.82, 2.24) is 24.7 Å². The molecule has 1 spiro atoms. The number of fused-ring (bicyclic) bond motifs is 2. The summed E-state index contributed by atoms with van der Waals surface area (Å²) in [7, 11) is 3.00. The average molecular weight is 977 g/mol. The lowest BCUT2D eigenvalue weighted by molar-refractivity contribution is -0.140. The van der Waals surface area contributed by atoms with Gasteiger partial charge in [-0.25, -0.2) is 19.4 Å². The number of alkyl halides is 3. The number of methoxy groups -OCH3 is 1. The number of pyridine rings is 2. The van der Waals surface area contributed by atoms with Crippen molar-refractivity contribution < 1.29 is 46.5 Å². The lowest BCUT2D eigenvalue weighted by Crippen LogP contribution is -2.58. The number of carbonyl (C=O) groups is 3. The van der Waals surface area contributed by atoms with Crippen molar-refractivity contribution in [1.29, 1.82) is 0 Å². The fourth-order valence-electron chi connectivity index (χ4n) is 7.00. The van der Waals surface area contributed by atoms with Gasteiger partial charge in [0, 0.05) is 50.3 Å². The third-order valence-corrected chi connectivity index (χ3v) is 10.2. The highest BCUT2D eigenvalue weighted by molar-refractivity contribution is 5.77. The molecule has 0 unspecified atom stereocenters.